The van der Waals surface area contributed by atoms with Gasteiger partial charge in [0, 0.05) is 60.5 Å². The number of halogens is 2. The van der Waals surface area contributed by atoms with Gasteiger partial charge in [0.15, 0.2) is 0 Å². The molecule has 32 heavy (non-hydrogen) atoms. The van der Waals surface area contributed by atoms with Crippen molar-refractivity contribution in [1.29, 1.82) is 0 Å². The van der Waals surface area contributed by atoms with Crippen LogP contribution in [0.15, 0.2) is 34.9 Å². The number of hydrogen-bond acceptors (Lipinski definition) is 4. The Hall–Kier alpha value is -0.980. The van der Waals surface area contributed by atoms with E-state index >= 15 is 0 Å². The Kier molecular flexibility index (Phi) is 6.92. The maximum absolute atomic E-state index is 6.39. The van der Waals surface area contributed by atoms with E-state index in [1.165, 1.54) is 48.3 Å². The van der Waals surface area contributed by atoms with Crippen LogP contribution in [0.4, 0.5) is 0 Å². The van der Waals surface area contributed by atoms with Gasteiger partial charge in [-0.3, -0.25) is 14.8 Å². The molecule has 0 saturated carbocycles. The molecule has 2 atom stereocenters. The Labute approximate surface area is 205 Å². The summed E-state index contributed by atoms with van der Waals surface area (Å²) in [7, 11) is 0. The highest BCUT2D eigenvalue weighted by molar-refractivity contribution is 9.10. The van der Waals surface area contributed by atoms with E-state index in [1.54, 1.807) is 0 Å². The lowest BCUT2D eigenvalue weighted by molar-refractivity contribution is 0.0649. The van der Waals surface area contributed by atoms with Crippen LogP contribution in [0.1, 0.15) is 55.1 Å². The fourth-order valence-corrected chi connectivity index (χ4v) is 6.44. The number of piperazine rings is 1. The van der Waals surface area contributed by atoms with Gasteiger partial charge in [0.2, 0.25) is 0 Å². The molecule has 3 aliphatic rings. The molecule has 2 fully saturated rings. The molecule has 0 radical (unpaired) electrons. The van der Waals surface area contributed by atoms with Gasteiger partial charge in [-0.1, -0.05) is 31.5 Å². The summed E-state index contributed by atoms with van der Waals surface area (Å²) in [6.45, 7) is 10.4. The zero-order valence-corrected chi connectivity index (χ0v) is 21.5. The van der Waals surface area contributed by atoms with Crippen LogP contribution in [0.2, 0.25) is 5.02 Å². The zero-order valence-electron chi connectivity index (χ0n) is 19.2. The molecule has 1 aromatic heterocycles. The molecule has 1 aliphatic carbocycles. The smallest absolute Gasteiger partial charge is 0.0781 e. The Morgan fingerprint density at radius 3 is 2.62 bits per heavy atom. The number of benzene rings is 1. The average Bonchev–Trinajstić information content (AvgIpc) is 2.95. The largest absolute Gasteiger partial charge is 0.311 e. The van der Waals surface area contributed by atoms with E-state index < -0.39 is 0 Å². The molecule has 5 rings (SSSR count). The van der Waals surface area contributed by atoms with Gasteiger partial charge in [-0.2, -0.15) is 0 Å². The summed E-state index contributed by atoms with van der Waals surface area (Å²) in [6.07, 6.45) is 6.46. The molecule has 2 saturated heterocycles. The maximum atomic E-state index is 6.39. The SMILES string of the molecule is CC(C)[C@H]1CN(C2CCN(C3c4ccc(Cl)cc4CCc4cc(Br)cnc43)CC2)CCN1. The van der Waals surface area contributed by atoms with Crippen LogP contribution >= 0.6 is 27.5 Å². The van der Waals surface area contributed by atoms with Gasteiger partial charge in [0.05, 0.1) is 11.7 Å². The third-order valence-electron chi connectivity index (χ3n) is 7.71. The fourth-order valence-electron chi connectivity index (χ4n) is 5.87. The third-order valence-corrected chi connectivity index (χ3v) is 8.38. The number of nitrogens with zero attached hydrogens (tertiary/aromatic N) is 3. The second-order valence-electron chi connectivity index (χ2n) is 10.0. The van der Waals surface area contributed by atoms with Crippen LogP contribution in [0, 0.1) is 5.92 Å². The van der Waals surface area contributed by atoms with Crippen molar-refractivity contribution < 1.29 is 0 Å². The molecule has 1 unspecified atom stereocenters. The lowest BCUT2D eigenvalue weighted by Crippen LogP contribution is -2.57. The number of likely N-dealkylation sites (tertiary alicyclic amines) is 1. The molecule has 0 amide bonds. The van der Waals surface area contributed by atoms with Crippen molar-refractivity contribution >= 4 is 27.5 Å². The lowest BCUT2D eigenvalue weighted by Gasteiger charge is -2.45. The molecule has 1 N–H and O–H groups in total. The first kappa shape index (κ1) is 22.8. The highest BCUT2D eigenvalue weighted by atomic mass is 79.9. The van der Waals surface area contributed by atoms with Gasteiger partial charge >= 0.3 is 0 Å². The first-order valence-electron chi connectivity index (χ1n) is 12.1. The van der Waals surface area contributed by atoms with E-state index in [4.69, 9.17) is 16.6 Å². The summed E-state index contributed by atoms with van der Waals surface area (Å²) in [5.41, 5.74) is 5.36. The number of hydrogen-bond donors (Lipinski definition) is 1. The number of aryl methyl sites for hydroxylation is 2. The van der Waals surface area contributed by atoms with Gasteiger partial charge in [-0.05, 0) is 82.4 Å². The second kappa shape index (κ2) is 9.71. The molecule has 3 heterocycles. The minimum Gasteiger partial charge on any atom is -0.311 e. The molecule has 2 aromatic rings. The van der Waals surface area contributed by atoms with Gasteiger partial charge in [-0.25, -0.2) is 0 Å². The first-order valence-corrected chi connectivity index (χ1v) is 13.3. The van der Waals surface area contributed by atoms with Crippen molar-refractivity contribution in [1.82, 2.24) is 20.1 Å². The van der Waals surface area contributed by atoms with E-state index in [2.05, 4.69) is 69.2 Å². The molecular weight excluding hydrogens is 484 g/mol. The van der Waals surface area contributed by atoms with Crippen molar-refractivity contribution in [3.8, 4) is 0 Å². The second-order valence-corrected chi connectivity index (χ2v) is 11.4. The minimum atomic E-state index is 0.222. The fraction of sp³-hybridized carbons (Fsp3) is 0.577. The molecule has 0 spiro atoms. The monoisotopic (exact) mass is 516 g/mol. The Bertz CT molecular complexity index is 903. The molecular formula is C26H34BrClN4. The number of nitrogens with one attached hydrogen (secondary N) is 1. The topological polar surface area (TPSA) is 31.4 Å². The summed E-state index contributed by atoms with van der Waals surface area (Å²) >= 11 is 10.0. The van der Waals surface area contributed by atoms with E-state index in [0.717, 1.165) is 42.0 Å². The van der Waals surface area contributed by atoms with Crippen LogP contribution < -0.4 is 5.32 Å². The number of aromatic nitrogens is 1. The molecule has 172 valence electrons. The summed E-state index contributed by atoms with van der Waals surface area (Å²) in [4.78, 5) is 10.4. The third kappa shape index (κ3) is 4.65. The summed E-state index contributed by atoms with van der Waals surface area (Å²) in [5.74, 6) is 0.689. The van der Waals surface area contributed by atoms with Gasteiger partial charge in [-0.15, -0.1) is 0 Å². The van der Waals surface area contributed by atoms with Gasteiger partial charge in [0.25, 0.3) is 0 Å². The molecule has 1 aromatic carbocycles. The quantitative estimate of drug-likeness (QED) is 0.615. The molecule has 6 heteroatoms. The maximum Gasteiger partial charge on any atom is 0.0781 e. The number of fused-ring (bicyclic) bond motifs is 2. The predicted octanol–water partition coefficient (Wildman–Crippen LogP) is 5.08. The summed E-state index contributed by atoms with van der Waals surface area (Å²) in [6, 6.07) is 10.3. The molecule has 2 aliphatic heterocycles. The van der Waals surface area contributed by atoms with Crippen molar-refractivity contribution in [2.45, 2.75) is 57.7 Å². The highest BCUT2D eigenvalue weighted by Gasteiger charge is 2.35. The number of piperidine rings is 1. The van der Waals surface area contributed by atoms with E-state index in [9.17, 15) is 0 Å². The van der Waals surface area contributed by atoms with Crippen molar-refractivity contribution in [2.75, 3.05) is 32.7 Å². The van der Waals surface area contributed by atoms with Gasteiger partial charge < -0.3 is 5.32 Å². The Morgan fingerprint density at radius 2 is 1.84 bits per heavy atom. The summed E-state index contributed by atoms with van der Waals surface area (Å²) in [5, 5.41) is 4.54. The minimum absolute atomic E-state index is 0.222. The molecule has 0 bridgehead atoms. The first-order chi connectivity index (χ1) is 15.5. The average molecular weight is 518 g/mol. The summed E-state index contributed by atoms with van der Waals surface area (Å²) < 4.78 is 1.07. The van der Waals surface area contributed by atoms with E-state index in [1.807, 2.05) is 6.20 Å². The van der Waals surface area contributed by atoms with Crippen LogP contribution in [0.5, 0.6) is 0 Å². The van der Waals surface area contributed by atoms with Crippen molar-refractivity contribution in [3.63, 3.8) is 0 Å². The highest BCUT2D eigenvalue weighted by Crippen LogP contribution is 2.39. The van der Waals surface area contributed by atoms with E-state index in [0.29, 0.717) is 18.0 Å². The number of pyridine rings is 1. The van der Waals surface area contributed by atoms with Crippen LogP contribution in [0.3, 0.4) is 0 Å². The standard InChI is InChI=1S/C26H34BrClN4/c1-17(2)24-16-32(12-9-29-24)22-7-10-31(11-8-22)26-23-6-5-21(28)14-18(23)3-4-19-13-20(27)15-30-25(19)26/h5-6,13-15,17,22,24,26,29H,3-4,7-12,16H2,1-2H3/t24-,26?/m1/s1. The Balaban J connectivity index is 1.38. The van der Waals surface area contributed by atoms with Crippen LogP contribution in [-0.4, -0.2) is 59.6 Å². The molecule has 4 nitrogen and oxygen atoms in total. The normalized spacial score (nSPS) is 25.4. The number of rotatable bonds is 3. The Morgan fingerprint density at radius 1 is 1.06 bits per heavy atom. The van der Waals surface area contributed by atoms with Crippen LogP contribution in [-0.2, 0) is 12.8 Å². The van der Waals surface area contributed by atoms with Crippen LogP contribution in [0.25, 0.3) is 0 Å². The zero-order chi connectivity index (χ0) is 22.2. The van der Waals surface area contributed by atoms with Crippen molar-refractivity contribution in [2.24, 2.45) is 5.92 Å². The predicted molar refractivity (Wildman–Crippen MR) is 135 cm³/mol. The van der Waals surface area contributed by atoms with Gasteiger partial charge in [0.1, 0.15) is 0 Å². The van der Waals surface area contributed by atoms with Crippen molar-refractivity contribution in [3.05, 3.63) is 62.3 Å². The van der Waals surface area contributed by atoms with E-state index in [-0.39, 0.29) is 6.04 Å². The lowest BCUT2D eigenvalue weighted by atomic mass is 9.92.